The molecule has 1 aliphatic rings. The minimum absolute atomic E-state index is 0.276. The third kappa shape index (κ3) is 11.2. The van der Waals surface area contributed by atoms with Crippen LogP contribution in [0, 0.1) is 0 Å². The molecule has 0 aromatic carbocycles. The van der Waals surface area contributed by atoms with Gasteiger partial charge in [-0.25, -0.2) is 0 Å². The molecule has 4 atom stereocenters. The van der Waals surface area contributed by atoms with Crippen LogP contribution < -0.4 is 0 Å². The number of allylic oxidation sites excluding steroid dienone is 2. The summed E-state index contributed by atoms with van der Waals surface area (Å²) in [4.78, 5) is 0. The van der Waals surface area contributed by atoms with E-state index in [0.717, 1.165) is 12.8 Å². The smallest absolute Gasteiger partial charge is 0.114 e. The molecule has 0 amide bonds. The molecule has 1 fully saturated rings. The zero-order valence-corrected chi connectivity index (χ0v) is 17.2. The Hall–Kier alpha value is -0.460. The fourth-order valence-electron chi connectivity index (χ4n) is 3.56. The van der Waals surface area contributed by atoms with Gasteiger partial charge in [0.1, 0.15) is 24.4 Å². The van der Waals surface area contributed by atoms with Gasteiger partial charge in [0.25, 0.3) is 0 Å². The lowest BCUT2D eigenvalue weighted by atomic mass is 10.1. The first-order valence-corrected chi connectivity index (χ1v) is 11.0. The van der Waals surface area contributed by atoms with Gasteiger partial charge in [0.05, 0.1) is 13.2 Å². The van der Waals surface area contributed by atoms with Crippen LogP contribution in [0.5, 0.6) is 0 Å². The number of ether oxygens (including phenoxy) is 2. The maximum atomic E-state index is 10.0. The fraction of sp³-hybridized carbons (Fsp3) is 0.909. The van der Waals surface area contributed by atoms with Crippen molar-refractivity contribution in [1.29, 1.82) is 0 Å². The molecule has 1 aliphatic heterocycles. The Labute approximate surface area is 165 Å². The minimum Gasteiger partial charge on any atom is -0.394 e. The van der Waals surface area contributed by atoms with Crippen molar-refractivity contribution in [3.05, 3.63) is 12.2 Å². The highest BCUT2D eigenvalue weighted by Crippen LogP contribution is 2.20. The summed E-state index contributed by atoms with van der Waals surface area (Å²) in [6, 6.07) is 0. The maximum absolute atomic E-state index is 10.0. The maximum Gasteiger partial charge on any atom is 0.114 e. The largest absolute Gasteiger partial charge is 0.394 e. The predicted molar refractivity (Wildman–Crippen MR) is 109 cm³/mol. The van der Waals surface area contributed by atoms with E-state index in [0.29, 0.717) is 6.61 Å². The molecule has 0 bridgehead atoms. The molecule has 0 radical (unpaired) electrons. The van der Waals surface area contributed by atoms with E-state index in [1.54, 1.807) is 0 Å². The highest BCUT2D eigenvalue weighted by molar-refractivity contribution is 4.88. The van der Waals surface area contributed by atoms with Crippen LogP contribution in [0.4, 0.5) is 0 Å². The molecule has 0 spiro atoms. The molecule has 5 nitrogen and oxygen atoms in total. The van der Waals surface area contributed by atoms with E-state index >= 15 is 0 Å². The van der Waals surface area contributed by atoms with Gasteiger partial charge in [-0.15, -0.1) is 0 Å². The summed E-state index contributed by atoms with van der Waals surface area (Å²) in [5.74, 6) is 0. The highest BCUT2D eigenvalue weighted by Gasteiger charge is 2.40. The molecule has 0 unspecified atom stereocenters. The van der Waals surface area contributed by atoms with Gasteiger partial charge < -0.3 is 24.8 Å². The van der Waals surface area contributed by atoms with Gasteiger partial charge in [0, 0.05) is 6.61 Å². The molecular formula is C22H42O5. The van der Waals surface area contributed by atoms with Crippen molar-refractivity contribution < 1.29 is 24.8 Å². The summed E-state index contributed by atoms with van der Waals surface area (Å²) in [5.41, 5.74) is 0. The standard InChI is InChI=1S/C22H42O5/c1-2-3-4-5-6-7-8-9-10-11-12-13-14-15-16-26-20-18-27-22(21(20)25)19(24)17-23/h2-3,19-25H,4-18H2,1H3/b3-2+/t19-,20+,21-,22-/m1/s1. The van der Waals surface area contributed by atoms with E-state index in [2.05, 4.69) is 19.1 Å². The van der Waals surface area contributed by atoms with Gasteiger partial charge in [-0.1, -0.05) is 69.9 Å². The third-order valence-electron chi connectivity index (χ3n) is 5.32. The lowest BCUT2D eigenvalue weighted by Crippen LogP contribution is -2.41. The summed E-state index contributed by atoms with van der Waals surface area (Å²) >= 11 is 0. The van der Waals surface area contributed by atoms with Gasteiger partial charge in [0.2, 0.25) is 0 Å². The Morgan fingerprint density at radius 1 is 0.963 bits per heavy atom. The van der Waals surface area contributed by atoms with E-state index in [4.69, 9.17) is 14.6 Å². The van der Waals surface area contributed by atoms with Crippen molar-refractivity contribution in [2.75, 3.05) is 19.8 Å². The van der Waals surface area contributed by atoms with Crippen molar-refractivity contribution in [2.24, 2.45) is 0 Å². The van der Waals surface area contributed by atoms with E-state index in [9.17, 15) is 10.2 Å². The van der Waals surface area contributed by atoms with Crippen LogP contribution in [0.25, 0.3) is 0 Å². The zero-order chi connectivity index (χ0) is 19.7. The number of hydrogen-bond acceptors (Lipinski definition) is 5. The Kier molecular flexibility index (Phi) is 15.0. The fourth-order valence-corrected chi connectivity index (χ4v) is 3.56. The van der Waals surface area contributed by atoms with Crippen molar-refractivity contribution in [3.63, 3.8) is 0 Å². The monoisotopic (exact) mass is 386 g/mol. The van der Waals surface area contributed by atoms with E-state index in [-0.39, 0.29) is 6.61 Å². The lowest BCUT2D eigenvalue weighted by molar-refractivity contribution is -0.0730. The average Bonchev–Trinajstić information content (AvgIpc) is 3.04. The SMILES string of the molecule is C/C=C/CCCCCCCCCCCCCO[C@H]1CO[C@H]([C@H](O)CO)[C@@H]1O. The summed E-state index contributed by atoms with van der Waals surface area (Å²) in [7, 11) is 0. The molecule has 1 rings (SSSR count). The summed E-state index contributed by atoms with van der Waals surface area (Å²) < 4.78 is 11.0. The van der Waals surface area contributed by atoms with Crippen molar-refractivity contribution >= 4 is 0 Å². The summed E-state index contributed by atoms with van der Waals surface area (Å²) in [5, 5.41) is 28.5. The zero-order valence-electron chi connectivity index (χ0n) is 17.2. The van der Waals surface area contributed by atoms with Crippen LogP contribution in [0.15, 0.2) is 12.2 Å². The molecule has 0 aromatic heterocycles. The summed E-state index contributed by atoms with van der Waals surface area (Å²) in [6.45, 7) is 2.56. The van der Waals surface area contributed by atoms with Crippen LogP contribution in [-0.4, -0.2) is 59.6 Å². The third-order valence-corrected chi connectivity index (χ3v) is 5.32. The first kappa shape index (κ1) is 24.6. The topological polar surface area (TPSA) is 79.2 Å². The van der Waals surface area contributed by atoms with Gasteiger partial charge in [-0.3, -0.25) is 0 Å². The highest BCUT2D eigenvalue weighted by atomic mass is 16.6. The molecule has 0 saturated carbocycles. The second-order valence-electron chi connectivity index (χ2n) is 7.69. The lowest BCUT2D eigenvalue weighted by Gasteiger charge is -2.20. The number of aliphatic hydroxyl groups excluding tert-OH is 3. The molecule has 160 valence electrons. The van der Waals surface area contributed by atoms with Crippen LogP contribution in [0.2, 0.25) is 0 Å². The van der Waals surface area contributed by atoms with Gasteiger partial charge >= 0.3 is 0 Å². The predicted octanol–water partition coefficient (Wildman–Crippen LogP) is 3.74. The van der Waals surface area contributed by atoms with Crippen molar-refractivity contribution in [2.45, 2.75) is 108 Å². The molecule has 0 aromatic rings. The van der Waals surface area contributed by atoms with Crippen LogP contribution in [0.3, 0.4) is 0 Å². The van der Waals surface area contributed by atoms with Crippen LogP contribution >= 0.6 is 0 Å². The molecule has 27 heavy (non-hydrogen) atoms. The van der Waals surface area contributed by atoms with Crippen LogP contribution in [0.1, 0.15) is 84.0 Å². The number of hydrogen-bond donors (Lipinski definition) is 3. The molecular weight excluding hydrogens is 344 g/mol. The van der Waals surface area contributed by atoms with Gasteiger partial charge in [-0.2, -0.15) is 0 Å². The normalized spacial score (nSPS) is 24.1. The quantitative estimate of drug-likeness (QED) is 0.262. The van der Waals surface area contributed by atoms with Crippen molar-refractivity contribution in [3.8, 4) is 0 Å². The number of aliphatic hydroxyl groups is 3. The Bertz CT molecular complexity index is 361. The Morgan fingerprint density at radius 3 is 2.07 bits per heavy atom. The summed E-state index contributed by atoms with van der Waals surface area (Å²) in [6.07, 6.45) is 16.7. The molecule has 1 saturated heterocycles. The first-order chi connectivity index (χ1) is 13.2. The molecule has 5 heteroatoms. The second-order valence-corrected chi connectivity index (χ2v) is 7.69. The number of rotatable bonds is 17. The molecule has 1 heterocycles. The first-order valence-electron chi connectivity index (χ1n) is 11.0. The van der Waals surface area contributed by atoms with E-state index in [1.807, 2.05) is 0 Å². The Morgan fingerprint density at radius 2 is 1.52 bits per heavy atom. The van der Waals surface area contributed by atoms with E-state index < -0.39 is 31.0 Å². The molecule has 0 aliphatic carbocycles. The minimum atomic E-state index is -1.05. The second kappa shape index (κ2) is 16.5. The van der Waals surface area contributed by atoms with Crippen molar-refractivity contribution in [1.82, 2.24) is 0 Å². The average molecular weight is 387 g/mol. The van der Waals surface area contributed by atoms with Crippen LogP contribution in [-0.2, 0) is 9.47 Å². The Balaban J connectivity index is 1.83. The molecule has 3 N–H and O–H groups in total. The van der Waals surface area contributed by atoms with Gasteiger partial charge in [-0.05, 0) is 26.2 Å². The number of unbranched alkanes of at least 4 members (excludes halogenated alkanes) is 11. The van der Waals surface area contributed by atoms with Gasteiger partial charge in [0.15, 0.2) is 0 Å². The van der Waals surface area contributed by atoms with E-state index in [1.165, 1.54) is 64.2 Å².